The van der Waals surface area contributed by atoms with Gasteiger partial charge in [0, 0.05) is 0 Å². The number of hydrogen-bond donors (Lipinski definition) is 2. The fourth-order valence-corrected chi connectivity index (χ4v) is 2.75. The van der Waals surface area contributed by atoms with E-state index in [2.05, 4.69) is 16.1 Å². The fourth-order valence-electron chi connectivity index (χ4n) is 1.27. The Morgan fingerprint density at radius 1 is 1.29 bits per heavy atom. The summed E-state index contributed by atoms with van der Waals surface area (Å²) < 4.78 is 1.69. The van der Waals surface area contributed by atoms with E-state index in [9.17, 15) is 0 Å². The summed E-state index contributed by atoms with van der Waals surface area (Å²) in [5, 5.41) is 0. The number of nitrogens with zero attached hydrogens (tertiary/aromatic N) is 1. The Balaban J connectivity index is 2.37. The molecule has 1 heterocycles. The van der Waals surface area contributed by atoms with Crippen molar-refractivity contribution in [1.82, 2.24) is 3.93 Å². The lowest BCUT2D eigenvalue weighted by Gasteiger charge is -2.13. The second kappa shape index (κ2) is 3.84. The lowest BCUT2D eigenvalue weighted by molar-refractivity contribution is 0.576. The van der Waals surface area contributed by atoms with Crippen LogP contribution in [0.1, 0.15) is 5.56 Å². The van der Waals surface area contributed by atoms with E-state index < -0.39 is 0 Å². The average Bonchev–Trinajstić information content (AvgIpc) is 2.47. The van der Waals surface area contributed by atoms with Gasteiger partial charge in [0.15, 0.2) is 0 Å². The summed E-state index contributed by atoms with van der Waals surface area (Å²) in [6.45, 7) is 0. The topological polar surface area (TPSA) is 55.3 Å². The maximum absolute atomic E-state index is 5.90. The van der Waals surface area contributed by atoms with Gasteiger partial charge in [-0.2, -0.15) is 0 Å². The third kappa shape index (κ3) is 1.63. The molecule has 1 aromatic rings. The molecule has 74 valence electrons. The van der Waals surface area contributed by atoms with Gasteiger partial charge in [0.05, 0.1) is 21.1 Å². The van der Waals surface area contributed by atoms with Crippen LogP contribution in [0.3, 0.4) is 0 Å². The summed E-state index contributed by atoms with van der Waals surface area (Å²) in [4.78, 5) is 1.02. The van der Waals surface area contributed by atoms with Gasteiger partial charge in [-0.25, -0.2) is 0 Å². The minimum atomic E-state index is -0.148. The molecule has 5 heteroatoms. The molecule has 0 saturated heterocycles. The number of rotatable bonds is 1. The van der Waals surface area contributed by atoms with Crippen molar-refractivity contribution in [2.24, 2.45) is 11.5 Å². The Labute approximate surface area is 95.5 Å². The molecule has 0 saturated carbocycles. The molecule has 0 radical (unpaired) electrons. The van der Waals surface area contributed by atoms with E-state index in [1.807, 2.05) is 30.3 Å². The van der Waals surface area contributed by atoms with Crippen LogP contribution >= 0.6 is 27.9 Å². The van der Waals surface area contributed by atoms with Crippen LogP contribution in [0.2, 0.25) is 0 Å². The summed E-state index contributed by atoms with van der Waals surface area (Å²) >= 11 is 4.86. The van der Waals surface area contributed by atoms with Crippen LogP contribution in [0.5, 0.6) is 0 Å². The molecule has 1 aliphatic rings. The highest BCUT2D eigenvalue weighted by Crippen LogP contribution is 2.41. The zero-order chi connectivity index (χ0) is 10.1. The van der Waals surface area contributed by atoms with Crippen LogP contribution in [0.4, 0.5) is 0 Å². The molecule has 3 nitrogen and oxygen atoms in total. The molecule has 1 aliphatic heterocycles. The van der Waals surface area contributed by atoms with E-state index in [-0.39, 0.29) is 5.50 Å². The van der Waals surface area contributed by atoms with Crippen LogP contribution < -0.4 is 11.5 Å². The average molecular weight is 272 g/mol. The Hall–Kier alpha value is -0.650. The van der Waals surface area contributed by atoms with E-state index in [1.54, 1.807) is 15.7 Å². The standard InChI is InChI=1S/C9H10BrN3S/c10-13-8(11)7(14-9(13)12)6-4-2-1-3-5-6/h1-5,9H,11-12H2. The van der Waals surface area contributed by atoms with Crippen molar-refractivity contribution in [3.63, 3.8) is 0 Å². The monoisotopic (exact) mass is 271 g/mol. The molecular formula is C9H10BrN3S. The van der Waals surface area contributed by atoms with E-state index >= 15 is 0 Å². The van der Waals surface area contributed by atoms with Crippen molar-refractivity contribution in [2.45, 2.75) is 5.50 Å². The predicted octanol–water partition coefficient (Wildman–Crippen LogP) is 1.87. The summed E-state index contributed by atoms with van der Waals surface area (Å²) in [5.41, 5.74) is 12.7. The van der Waals surface area contributed by atoms with Gasteiger partial charge in [0.25, 0.3) is 0 Å². The SMILES string of the molecule is NC1=C(c2ccccc2)SC(N)N1Br. The van der Waals surface area contributed by atoms with Crippen molar-refractivity contribution in [3.8, 4) is 0 Å². The minimum absolute atomic E-state index is 0.148. The number of hydrogen-bond acceptors (Lipinski definition) is 4. The number of thioether (sulfide) groups is 1. The summed E-state index contributed by atoms with van der Waals surface area (Å²) in [5.74, 6) is 0.675. The molecule has 0 spiro atoms. The minimum Gasteiger partial charge on any atom is -0.384 e. The van der Waals surface area contributed by atoms with Crippen molar-refractivity contribution in [3.05, 3.63) is 41.7 Å². The Bertz CT molecular complexity index is 366. The van der Waals surface area contributed by atoms with Gasteiger partial charge in [-0.15, -0.1) is 0 Å². The van der Waals surface area contributed by atoms with Gasteiger partial charge in [-0.1, -0.05) is 42.1 Å². The van der Waals surface area contributed by atoms with Gasteiger partial charge in [-0.3, -0.25) is 3.93 Å². The van der Waals surface area contributed by atoms with E-state index in [0.29, 0.717) is 5.82 Å². The molecule has 2 rings (SSSR count). The number of benzene rings is 1. The number of nitrogens with two attached hydrogens (primary N) is 2. The lowest BCUT2D eigenvalue weighted by atomic mass is 10.2. The largest absolute Gasteiger partial charge is 0.384 e. The zero-order valence-corrected chi connectivity index (χ0v) is 9.75. The van der Waals surface area contributed by atoms with Crippen molar-refractivity contribution < 1.29 is 0 Å². The molecule has 1 unspecified atom stereocenters. The van der Waals surface area contributed by atoms with Crippen molar-refractivity contribution in [2.75, 3.05) is 0 Å². The van der Waals surface area contributed by atoms with Crippen LogP contribution in [-0.2, 0) is 0 Å². The first-order valence-electron chi connectivity index (χ1n) is 4.12. The Kier molecular flexibility index (Phi) is 2.71. The van der Waals surface area contributed by atoms with Crippen LogP contribution in [-0.4, -0.2) is 9.42 Å². The van der Waals surface area contributed by atoms with Gasteiger partial charge in [-0.05, 0) is 5.56 Å². The van der Waals surface area contributed by atoms with Crippen molar-refractivity contribution >= 4 is 32.8 Å². The second-order valence-electron chi connectivity index (χ2n) is 2.90. The molecule has 0 bridgehead atoms. The Morgan fingerprint density at radius 2 is 1.93 bits per heavy atom. The molecule has 1 aromatic carbocycles. The van der Waals surface area contributed by atoms with Crippen molar-refractivity contribution in [1.29, 1.82) is 0 Å². The molecular weight excluding hydrogens is 262 g/mol. The first kappa shape index (κ1) is 9.89. The van der Waals surface area contributed by atoms with Crippen LogP contribution in [0.15, 0.2) is 36.2 Å². The maximum atomic E-state index is 5.90. The predicted molar refractivity (Wildman–Crippen MR) is 63.9 cm³/mol. The Morgan fingerprint density at radius 3 is 2.43 bits per heavy atom. The second-order valence-corrected chi connectivity index (χ2v) is 4.79. The first-order valence-corrected chi connectivity index (χ1v) is 5.71. The normalized spacial score (nSPS) is 21.9. The highest BCUT2D eigenvalue weighted by atomic mass is 79.9. The molecule has 4 N–H and O–H groups in total. The van der Waals surface area contributed by atoms with Gasteiger partial charge >= 0.3 is 0 Å². The third-order valence-corrected chi connectivity index (χ3v) is 4.19. The lowest BCUT2D eigenvalue weighted by Crippen LogP contribution is -2.29. The van der Waals surface area contributed by atoms with E-state index in [4.69, 9.17) is 11.5 Å². The molecule has 14 heavy (non-hydrogen) atoms. The number of halogens is 1. The molecule has 0 amide bonds. The van der Waals surface area contributed by atoms with Crippen LogP contribution in [0, 0.1) is 0 Å². The summed E-state index contributed by atoms with van der Waals surface area (Å²) in [6.07, 6.45) is 0. The maximum Gasteiger partial charge on any atom is 0.142 e. The highest BCUT2D eigenvalue weighted by molar-refractivity contribution is 9.07. The molecule has 0 aromatic heterocycles. The van der Waals surface area contributed by atoms with Crippen LogP contribution in [0.25, 0.3) is 4.91 Å². The molecule has 0 fully saturated rings. The molecule has 0 aliphatic carbocycles. The van der Waals surface area contributed by atoms with E-state index in [1.165, 1.54) is 0 Å². The fraction of sp³-hybridized carbons (Fsp3) is 0.111. The smallest absolute Gasteiger partial charge is 0.142 e. The first-order chi connectivity index (χ1) is 6.70. The van der Waals surface area contributed by atoms with E-state index in [0.717, 1.165) is 10.5 Å². The molecule has 1 atom stereocenters. The van der Waals surface area contributed by atoms with Gasteiger partial charge < -0.3 is 11.5 Å². The quantitative estimate of drug-likeness (QED) is 0.766. The summed E-state index contributed by atoms with van der Waals surface area (Å²) in [7, 11) is 0. The van der Waals surface area contributed by atoms with Gasteiger partial charge in [0.2, 0.25) is 0 Å². The summed E-state index contributed by atoms with van der Waals surface area (Å²) in [6, 6.07) is 9.99. The zero-order valence-electron chi connectivity index (χ0n) is 7.35. The highest BCUT2D eigenvalue weighted by Gasteiger charge is 2.27. The third-order valence-electron chi connectivity index (χ3n) is 1.96. The van der Waals surface area contributed by atoms with Gasteiger partial charge in [0.1, 0.15) is 11.3 Å².